The molecule has 8 unspecified atom stereocenters. The minimum Gasteiger partial charge on any atom is -0.491 e. The lowest BCUT2D eigenvalue weighted by molar-refractivity contribution is -0.0916. The van der Waals surface area contributed by atoms with Gasteiger partial charge in [0.25, 0.3) is 0 Å². The van der Waals surface area contributed by atoms with Gasteiger partial charge < -0.3 is 67.1 Å². The average Bonchev–Trinajstić information content (AvgIpc) is 3.14. The van der Waals surface area contributed by atoms with E-state index in [-0.39, 0.29) is 62.0 Å². The number of ether oxygens (including phenoxy) is 12. The van der Waals surface area contributed by atoms with Gasteiger partial charge in [-0.2, -0.15) is 0 Å². The van der Waals surface area contributed by atoms with Gasteiger partial charge in [0.15, 0.2) is 0 Å². The summed E-state index contributed by atoms with van der Waals surface area (Å²) in [7, 11) is 0. The van der Waals surface area contributed by atoms with E-state index in [2.05, 4.69) is 0 Å². The average molecular weight is 751 g/mol. The SMILES string of the molecule is CC(COc1cccc(OCC(C)OCC(C)OCC(C)OCC(C)OCCOCCO)c1)OCC(C)OCC(C)OCC(C)OCCOCCO. The summed E-state index contributed by atoms with van der Waals surface area (Å²) in [4.78, 5) is 0. The molecular formula is C38H70O14. The van der Waals surface area contributed by atoms with Crippen molar-refractivity contribution >= 4 is 0 Å². The highest BCUT2D eigenvalue weighted by molar-refractivity contribution is 5.33. The van der Waals surface area contributed by atoms with Crippen molar-refractivity contribution in [2.75, 3.05) is 106 Å². The van der Waals surface area contributed by atoms with Crippen molar-refractivity contribution in [3.05, 3.63) is 24.3 Å². The summed E-state index contributed by atoms with van der Waals surface area (Å²) in [6, 6.07) is 7.52. The Morgan fingerprint density at radius 3 is 0.981 bits per heavy atom. The van der Waals surface area contributed by atoms with Crippen LogP contribution in [0.5, 0.6) is 11.5 Å². The second-order valence-corrected chi connectivity index (χ2v) is 13.0. The van der Waals surface area contributed by atoms with Gasteiger partial charge in [0.05, 0.1) is 141 Å². The lowest BCUT2D eigenvalue weighted by Crippen LogP contribution is -2.29. The van der Waals surface area contributed by atoms with E-state index in [0.29, 0.717) is 104 Å². The molecule has 8 atom stereocenters. The fraction of sp³-hybridized carbons (Fsp3) is 0.842. The van der Waals surface area contributed by atoms with Crippen LogP contribution < -0.4 is 9.47 Å². The number of aliphatic hydroxyl groups is 2. The first kappa shape index (κ1) is 48.4. The third-order valence-electron chi connectivity index (χ3n) is 7.20. The van der Waals surface area contributed by atoms with Gasteiger partial charge in [-0.15, -0.1) is 0 Å². The summed E-state index contributed by atoms with van der Waals surface area (Å²) in [6.45, 7) is 21.6. The van der Waals surface area contributed by atoms with E-state index < -0.39 is 0 Å². The Bertz CT molecular complexity index is 874. The van der Waals surface area contributed by atoms with Gasteiger partial charge >= 0.3 is 0 Å². The molecule has 1 aromatic carbocycles. The molecule has 0 amide bonds. The lowest BCUT2D eigenvalue weighted by atomic mass is 10.3. The number of hydrogen-bond donors (Lipinski definition) is 2. The molecule has 0 aliphatic rings. The first-order valence-electron chi connectivity index (χ1n) is 18.7. The molecule has 14 heteroatoms. The summed E-state index contributed by atoms with van der Waals surface area (Å²) in [5.74, 6) is 1.39. The molecule has 0 heterocycles. The molecule has 1 rings (SSSR count). The Labute approximate surface area is 312 Å². The van der Waals surface area contributed by atoms with E-state index in [4.69, 9.17) is 67.1 Å². The molecule has 0 aromatic heterocycles. The molecule has 0 saturated carbocycles. The summed E-state index contributed by atoms with van der Waals surface area (Å²) in [5, 5.41) is 17.4. The van der Waals surface area contributed by atoms with Crippen molar-refractivity contribution in [1.29, 1.82) is 0 Å². The maximum Gasteiger partial charge on any atom is 0.123 e. The van der Waals surface area contributed by atoms with Gasteiger partial charge in [-0.3, -0.25) is 0 Å². The lowest BCUT2D eigenvalue weighted by Gasteiger charge is -2.22. The van der Waals surface area contributed by atoms with Crippen LogP contribution in [0.2, 0.25) is 0 Å². The Morgan fingerprint density at radius 2 is 0.673 bits per heavy atom. The number of rotatable bonds is 36. The molecule has 0 spiro atoms. The minimum atomic E-state index is -0.137. The molecule has 14 nitrogen and oxygen atoms in total. The highest BCUT2D eigenvalue weighted by Crippen LogP contribution is 2.20. The summed E-state index contributed by atoms with van der Waals surface area (Å²) in [5.41, 5.74) is 0. The smallest absolute Gasteiger partial charge is 0.123 e. The van der Waals surface area contributed by atoms with E-state index in [1.165, 1.54) is 0 Å². The van der Waals surface area contributed by atoms with Crippen LogP contribution in [0, 0.1) is 0 Å². The fourth-order valence-electron chi connectivity index (χ4n) is 4.21. The van der Waals surface area contributed by atoms with Crippen LogP contribution in [-0.4, -0.2) is 165 Å². The molecular weight excluding hydrogens is 680 g/mol. The van der Waals surface area contributed by atoms with Crippen molar-refractivity contribution in [3.63, 3.8) is 0 Å². The van der Waals surface area contributed by atoms with Gasteiger partial charge in [0.2, 0.25) is 0 Å². The predicted octanol–water partition coefficient (Wildman–Crippen LogP) is 3.70. The maximum absolute atomic E-state index is 8.72. The van der Waals surface area contributed by atoms with E-state index in [1.807, 2.05) is 79.7 Å². The highest BCUT2D eigenvalue weighted by Gasteiger charge is 2.14. The van der Waals surface area contributed by atoms with Crippen LogP contribution in [0.25, 0.3) is 0 Å². The van der Waals surface area contributed by atoms with Crippen molar-refractivity contribution in [3.8, 4) is 11.5 Å². The number of benzene rings is 1. The Balaban J connectivity index is 2.18. The molecule has 0 aliphatic carbocycles. The van der Waals surface area contributed by atoms with Gasteiger partial charge in [0, 0.05) is 6.07 Å². The van der Waals surface area contributed by atoms with Gasteiger partial charge in [0.1, 0.15) is 24.7 Å². The van der Waals surface area contributed by atoms with Crippen LogP contribution in [0.4, 0.5) is 0 Å². The molecule has 0 fully saturated rings. The summed E-state index contributed by atoms with van der Waals surface area (Å²) < 4.78 is 68.9. The highest BCUT2D eigenvalue weighted by atomic mass is 16.6. The van der Waals surface area contributed by atoms with Crippen molar-refractivity contribution < 1.29 is 67.1 Å². The van der Waals surface area contributed by atoms with Gasteiger partial charge in [-0.05, 0) is 67.5 Å². The van der Waals surface area contributed by atoms with Crippen molar-refractivity contribution in [1.82, 2.24) is 0 Å². The van der Waals surface area contributed by atoms with Crippen LogP contribution >= 0.6 is 0 Å². The molecule has 2 N–H and O–H groups in total. The Hall–Kier alpha value is -1.66. The molecule has 0 radical (unpaired) electrons. The Morgan fingerprint density at radius 1 is 0.385 bits per heavy atom. The van der Waals surface area contributed by atoms with Gasteiger partial charge in [-0.1, -0.05) is 6.07 Å². The Kier molecular flexibility index (Phi) is 29.4. The number of hydrogen-bond acceptors (Lipinski definition) is 14. The summed E-state index contributed by atoms with van der Waals surface area (Å²) in [6.07, 6.45) is -0.777. The van der Waals surface area contributed by atoms with Crippen LogP contribution in [0.3, 0.4) is 0 Å². The topological polar surface area (TPSA) is 151 Å². The monoisotopic (exact) mass is 750 g/mol. The number of aliphatic hydroxyl groups excluding tert-OH is 2. The second kappa shape index (κ2) is 31.7. The second-order valence-electron chi connectivity index (χ2n) is 13.0. The van der Waals surface area contributed by atoms with E-state index in [9.17, 15) is 0 Å². The van der Waals surface area contributed by atoms with Crippen LogP contribution in [0.1, 0.15) is 55.4 Å². The molecule has 0 bridgehead atoms. The summed E-state index contributed by atoms with van der Waals surface area (Å²) >= 11 is 0. The quantitative estimate of drug-likeness (QED) is 0.0960. The van der Waals surface area contributed by atoms with E-state index in [1.54, 1.807) is 0 Å². The van der Waals surface area contributed by atoms with Crippen LogP contribution in [-0.2, 0) is 47.4 Å². The standard InChI is InChI=1S/C38H70O14/c1-29(43-18-16-41-14-12-39)21-45-31(3)23-47-33(5)25-49-35(7)27-51-37-10-9-11-38(20-37)52-28-36(8)50-26-34(6)48-24-32(4)46-22-30(2)44-19-17-42-15-13-40/h9-11,20,29-36,39-40H,12-19,21-28H2,1-8H3. The molecule has 306 valence electrons. The van der Waals surface area contributed by atoms with Crippen molar-refractivity contribution in [2.24, 2.45) is 0 Å². The zero-order valence-corrected chi connectivity index (χ0v) is 33.0. The zero-order chi connectivity index (χ0) is 38.4. The van der Waals surface area contributed by atoms with Gasteiger partial charge in [-0.25, -0.2) is 0 Å². The first-order chi connectivity index (χ1) is 25.0. The normalized spacial score (nSPS) is 16.5. The van der Waals surface area contributed by atoms with Crippen molar-refractivity contribution in [2.45, 2.75) is 104 Å². The van der Waals surface area contributed by atoms with Crippen LogP contribution in [0.15, 0.2) is 24.3 Å². The third kappa shape index (κ3) is 27.9. The third-order valence-corrected chi connectivity index (χ3v) is 7.20. The first-order valence-corrected chi connectivity index (χ1v) is 18.7. The molecule has 1 aromatic rings. The predicted molar refractivity (Wildman–Crippen MR) is 197 cm³/mol. The van der Waals surface area contributed by atoms with E-state index in [0.717, 1.165) is 0 Å². The zero-order valence-electron chi connectivity index (χ0n) is 33.0. The maximum atomic E-state index is 8.72. The molecule has 52 heavy (non-hydrogen) atoms. The molecule has 0 saturated heterocycles. The van der Waals surface area contributed by atoms with E-state index >= 15 is 0 Å². The minimum absolute atomic E-state index is 0.00905. The molecule has 0 aliphatic heterocycles. The largest absolute Gasteiger partial charge is 0.491 e. The fourth-order valence-corrected chi connectivity index (χ4v) is 4.21.